The zero-order chi connectivity index (χ0) is 14.6. The van der Waals surface area contributed by atoms with Crippen molar-refractivity contribution >= 4 is 0 Å². The Morgan fingerprint density at radius 2 is 1.90 bits per heavy atom. The number of rotatable bonds is 5. The average Bonchev–Trinajstić information content (AvgIpc) is 2.48. The van der Waals surface area contributed by atoms with Crippen LogP contribution in [0.25, 0.3) is 0 Å². The maximum atomic E-state index is 10.2. The molecule has 20 heavy (non-hydrogen) atoms. The minimum Gasteiger partial charge on any atom is -0.391 e. The van der Waals surface area contributed by atoms with Crippen molar-refractivity contribution in [2.45, 2.75) is 50.2 Å². The highest BCUT2D eigenvalue weighted by molar-refractivity contribution is 5.25. The molecule has 1 aliphatic carbocycles. The van der Waals surface area contributed by atoms with Gasteiger partial charge in [-0.1, -0.05) is 50.1 Å². The summed E-state index contributed by atoms with van der Waals surface area (Å²) in [5.74, 6) is 0. The number of hydrogen-bond donors (Lipinski definition) is 2. The largest absolute Gasteiger partial charge is 0.391 e. The fourth-order valence-electron chi connectivity index (χ4n) is 3.39. The van der Waals surface area contributed by atoms with Gasteiger partial charge in [0.1, 0.15) is 0 Å². The molecular weight excluding hydrogens is 248 g/mol. The molecule has 3 nitrogen and oxygen atoms in total. The smallest absolute Gasteiger partial charge is 0.0695 e. The molecule has 3 atom stereocenters. The Morgan fingerprint density at radius 1 is 1.25 bits per heavy atom. The van der Waals surface area contributed by atoms with Crippen LogP contribution in [0.15, 0.2) is 30.3 Å². The molecule has 0 bridgehead atoms. The van der Waals surface area contributed by atoms with Crippen LogP contribution in [0, 0.1) is 0 Å². The first kappa shape index (κ1) is 15.5. The minimum absolute atomic E-state index is 0.0623. The van der Waals surface area contributed by atoms with Crippen LogP contribution < -0.4 is 5.73 Å². The fraction of sp³-hybridized carbons (Fsp3) is 0.647. The van der Waals surface area contributed by atoms with E-state index in [4.69, 9.17) is 5.73 Å². The zero-order valence-corrected chi connectivity index (χ0v) is 12.8. The summed E-state index contributed by atoms with van der Waals surface area (Å²) in [7, 11) is 2.12. The normalized spacial score (nSPS) is 26.4. The second-order valence-electron chi connectivity index (χ2n) is 6.47. The van der Waals surface area contributed by atoms with Gasteiger partial charge < -0.3 is 10.8 Å². The topological polar surface area (TPSA) is 49.5 Å². The van der Waals surface area contributed by atoms with Crippen LogP contribution in [0.5, 0.6) is 0 Å². The van der Waals surface area contributed by atoms with Gasteiger partial charge in [-0.3, -0.25) is 4.90 Å². The number of aliphatic hydroxyl groups excluding tert-OH is 1. The first-order valence-electron chi connectivity index (χ1n) is 7.71. The monoisotopic (exact) mass is 276 g/mol. The van der Waals surface area contributed by atoms with Gasteiger partial charge in [0.15, 0.2) is 0 Å². The molecule has 1 fully saturated rings. The fourth-order valence-corrected chi connectivity index (χ4v) is 3.39. The van der Waals surface area contributed by atoms with Crippen molar-refractivity contribution in [2.75, 3.05) is 20.1 Å². The standard InChI is InChI=1S/C17H28N2O/c1-17(12-18,14-8-4-3-5-9-14)13-19(2)15-10-6-7-11-16(15)20/h3-5,8-9,15-16,20H,6-7,10-13,18H2,1-2H3. The third kappa shape index (κ3) is 3.40. The molecule has 2 rings (SSSR count). The number of nitrogens with zero attached hydrogens (tertiary/aromatic N) is 1. The van der Waals surface area contributed by atoms with Crippen molar-refractivity contribution in [3.8, 4) is 0 Å². The number of nitrogens with two attached hydrogens (primary N) is 1. The van der Waals surface area contributed by atoms with E-state index in [1.165, 1.54) is 12.0 Å². The molecule has 0 aromatic heterocycles. The van der Waals surface area contributed by atoms with Crippen molar-refractivity contribution in [2.24, 2.45) is 5.73 Å². The molecule has 0 saturated heterocycles. The van der Waals surface area contributed by atoms with E-state index in [1.54, 1.807) is 0 Å². The molecule has 0 heterocycles. The maximum absolute atomic E-state index is 10.2. The number of aliphatic hydroxyl groups is 1. The highest BCUT2D eigenvalue weighted by atomic mass is 16.3. The molecule has 1 aromatic carbocycles. The van der Waals surface area contributed by atoms with Gasteiger partial charge in [0.25, 0.3) is 0 Å². The van der Waals surface area contributed by atoms with E-state index in [9.17, 15) is 5.11 Å². The summed E-state index contributed by atoms with van der Waals surface area (Å²) in [5, 5.41) is 10.2. The molecule has 0 aliphatic heterocycles. The van der Waals surface area contributed by atoms with E-state index in [0.29, 0.717) is 6.54 Å². The van der Waals surface area contributed by atoms with Crippen LogP contribution in [0.1, 0.15) is 38.2 Å². The van der Waals surface area contributed by atoms with Gasteiger partial charge in [-0.15, -0.1) is 0 Å². The molecule has 1 aliphatic rings. The summed E-state index contributed by atoms with van der Waals surface area (Å²) in [6.45, 7) is 3.72. The Labute approximate surface area is 122 Å². The van der Waals surface area contributed by atoms with Crippen LogP contribution in [-0.4, -0.2) is 42.3 Å². The number of benzene rings is 1. The summed E-state index contributed by atoms with van der Waals surface area (Å²) in [6.07, 6.45) is 4.20. The Bertz CT molecular complexity index is 409. The Morgan fingerprint density at radius 3 is 2.50 bits per heavy atom. The highest BCUT2D eigenvalue weighted by Crippen LogP contribution is 2.28. The maximum Gasteiger partial charge on any atom is 0.0695 e. The van der Waals surface area contributed by atoms with E-state index in [2.05, 4.69) is 43.1 Å². The van der Waals surface area contributed by atoms with Crippen molar-refractivity contribution < 1.29 is 5.11 Å². The van der Waals surface area contributed by atoms with Crippen LogP contribution in [0.4, 0.5) is 0 Å². The van der Waals surface area contributed by atoms with Crippen LogP contribution in [-0.2, 0) is 5.41 Å². The summed E-state index contributed by atoms with van der Waals surface area (Å²) >= 11 is 0. The first-order chi connectivity index (χ1) is 9.57. The van der Waals surface area contributed by atoms with E-state index < -0.39 is 0 Å². The van der Waals surface area contributed by atoms with Gasteiger partial charge >= 0.3 is 0 Å². The van der Waals surface area contributed by atoms with Crippen molar-refractivity contribution in [1.29, 1.82) is 0 Å². The molecular formula is C17H28N2O. The number of likely N-dealkylation sites (N-methyl/N-ethyl adjacent to an activating group) is 1. The lowest BCUT2D eigenvalue weighted by Crippen LogP contribution is -2.50. The summed E-state index contributed by atoms with van der Waals surface area (Å²) < 4.78 is 0. The van der Waals surface area contributed by atoms with Gasteiger partial charge in [0.05, 0.1) is 6.10 Å². The zero-order valence-electron chi connectivity index (χ0n) is 12.8. The van der Waals surface area contributed by atoms with Gasteiger partial charge in [0, 0.05) is 24.5 Å². The van der Waals surface area contributed by atoms with Gasteiger partial charge in [0.2, 0.25) is 0 Å². The predicted octanol–water partition coefficient (Wildman–Crippen LogP) is 2.14. The molecule has 0 spiro atoms. The molecule has 3 unspecified atom stereocenters. The highest BCUT2D eigenvalue weighted by Gasteiger charge is 2.32. The Balaban J connectivity index is 2.09. The number of hydrogen-bond acceptors (Lipinski definition) is 3. The predicted molar refractivity (Wildman–Crippen MR) is 83.7 cm³/mol. The van der Waals surface area contributed by atoms with E-state index in [-0.39, 0.29) is 17.6 Å². The quantitative estimate of drug-likeness (QED) is 0.866. The lowest BCUT2D eigenvalue weighted by Gasteiger charge is -2.40. The van der Waals surface area contributed by atoms with E-state index in [1.807, 2.05) is 6.07 Å². The lowest BCUT2D eigenvalue weighted by atomic mass is 9.81. The average molecular weight is 276 g/mol. The Kier molecular flexibility index (Phi) is 5.19. The molecule has 1 saturated carbocycles. The Hall–Kier alpha value is -0.900. The van der Waals surface area contributed by atoms with Gasteiger partial charge in [-0.05, 0) is 25.5 Å². The molecule has 0 radical (unpaired) electrons. The van der Waals surface area contributed by atoms with E-state index in [0.717, 1.165) is 25.8 Å². The van der Waals surface area contributed by atoms with Gasteiger partial charge in [-0.25, -0.2) is 0 Å². The van der Waals surface area contributed by atoms with Crippen LogP contribution in [0.3, 0.4) is 0 Å². The third-order valence-corrected chi connectivity index (χ3v) is 4.78. The lowest BCUT2D eigenvalue weighted by molar-refractivity contribution is 0.0240. The molecule has 3 heteroatoms. The molecule has 1 aromatic rings. The summed E-state index contributed by atoms with van der Waals surface area (Å²) in [4.78, 5) is 2.31. The van der Waals surface area contributed by atoms with Crippen molar-refractivity contribution in [3.05, 3.63) is 35.9 Å². The second kappa shape index (κ2) is 6.70. The van der Waals surface area contributed by atoms with Crippen LogP contribution in [0.2, 0.25) is 0 Å². The third-order valence-electron chi connectivity index (χ3n) is 4.78. The molecule has 0 amide bonds. The van der Waals surface area contributed by atoms with Gasteiger partial charge in [-0.2, -0.15) is 0 Å². The van der Waals surface area contributed by atoms with Crippen molar-refractivity contribution in [1.82, 2.24) is 4.90 Å². The SMILES string of the molecule is CN(CC(C)(CN)c1ccccc1)C1CCCCC1O. The summed E-state index contributed by atoms with van der Waals surface area (Å²) in [6, 6.07) is 10.8. The first-order valence-corrected chi connectivity index (χ1v) is 7.71. The molecule has 3 N–H and O–H groups in total. The van der Waals surface area contributed by atoms with E-state index >= 15 is 0 Å². The second-order valence-corrected chi connectivity index (χ2v) is 6.47. The van der Waals surface area contributed by atoms with Crippen molar-refractivity contribution in [3.63, 3.8) is 0 Å². The van der Waals surface area contributed by atoms with Crippen LogP contribution >= 0.6 is 0 Å². The minimum atomic E-state index is -0.188. The molecule has 112 valence electrons. The summed E-state index contributed by atoms with van der Waals surface area (Å²) in [5.41, 5.74) is 7.28.